The molecular formula is C20H21N3O5. The highest BCUT2D eigenvalue weighted by Gasteiger charge is 2.14. The van der Waals surface area contributed by atoms with Gasteiger partial charge in [0, 0.05) is 5.56 Å². The topological polar surface area (TPSA) is 102 Å². The normalized spacial score (nSPS) is 10.6. The van der Waals surface area contributed by atoms with E-state index in [1.54, 1.807) is 43.3 Å². The molecule has 0 aromatic heterocycles. The van der Waals surface area contributed by atoms with E-state index >= 15 is 0 Å². The van der Waals surface area contributed by atoms with Crippen molar-refractivity contribution < 1.29 is 23.7 Å². The highest BCUT2D eigenvalue weighted by molar-refractivity contribution is 6.00. The van der Waals surface area contributed by atoms with Gasteiger partial charge in [-0.3, -0.25) is 4.79 Å². The molecule has 0 heterocycles. The van der Waals surface area contributed by atoms with Crippen LogP contribution in [0.4, 0.5) is 0 Å². The van der Waals surface area contributed by atoms with E-state index in [2.05, 4.69) is 10.5 Å². The zero-order valence-electron chi connectivity index (χ0n) is 16.1. The molecule has 0 saturated heterocycles. The van der Waals surface area contributed by atoms with Crippen molar-refractivity contribution in [2.24, 2.45) is 5.10 Å². The maximum atomic E-state index is 12.0. The second kappa shape index (κ2) is 9.83. The minimum Gasteiger partial charge on any atom is -0.493 e. The molecule has 28 heavy (non-hydrogen) atoms. The quantitative estimate of drug-likeness (QED) is 0.555. The van der Waals surface area contributed by atoms with Gasteiger partial charge in [0.05, 0.1) is 38.7 Å². The van der Waals surface area contributed by atoms with Crippen LogP contribution in [0.15, 0.2) is 41.5 Å². The molecule has 0 aliphatic carbocycles. The van der Waals surface area contributed by atoms with Gasteiger partial charge in [-0.05, 0) is 43.3 Å². The predicted molar refractivity (Wildman–Crippen MR) is 103 cm³/mol. The molecule has 0 atom stereocenters. The van der Waals surface area contributed by atoms with Crippen molar-refractivity contribution in [3.8, 4) is 29.1 Å². The van der Waals surface area contributed by atoms with Crippen molar-refractivity contribution in [3.05, 3.63) is 47.5 Å². The molecule has 0 bridgehead atoms. The molecule has 0 radical (unpaired) electrons. The number of amides is 1. The second-order valence-corrected chi connectivity index (χ2v) is 5.57. The number of rotatable bonds is 8. The Morgan fingerprint density at radius 1 is 1.07 bits per heavy atom. The summed E-state index contributed by atoms with van der Waals surface area (Å²) in [6, 6.07) is 11.9. The Labute approximate surface area is 163 Å². The zero-order valence-corrected chi connectivity index (χ0v) is 16.1. The van der Waals surface area contributed by atoms with E-state index in [9.17, 15) is 4.79 Å². The number of hydrazone groups is 1. The van der Waals surface area contributed by atoms with Gasteiger partial charge in [-0.15, -0.1) is 0 Å². The first-order valence-corrected chi connectivity index (χ1v) is 8.28. The number of carbonyl (C=O) groups is 1. The monoisotopic (exact) mass is 383 g/mol. The lowest BCUT2D eigenvalue weighted by Crippen LogP contribution is -2.25. The van der Waals surface area contributed by atoms with Crippen molar-refractivity contribution in [1.29, 1.82) is 5.26 Å². The summed E-state index contributed by atoms with van der Waals surface area (Å²) in [6.45, 7) is 1.53. The fraction of sp³-hybridized carbons (Fsp3) is 0.250. The Morgan fingerprint density at radius 2 is 1.68 bits per heavy atom. The molecule has 0 spiro atoms. The molecule has 2 rings (SSSR count). The van der Waals surface area contributed by atoms with Gasteiger partial charge in [-0.25, -0.2) is 5.43 Å². The third-order valence-electron chi connectivity index (χ3n) is 3.78. The summed E-state index contributed by atoms with van der Waals surface area (Å²) in [5.41, 5.74) is 4.20. The van der Waals surface area contributed by atoms with Crippen LogP contribution in [0.25, 0.3) is 0 Å². The van der Waals surface area contributed by atoms with E-state index in [1.807, 2.05) is 6.07 Å². The third-order valence-corrected chi connectivity index (χ3v) is 3.78. The molecule has 2 aromatic rings. The van der Waals surface area contributed by atoms with Crippen molar-refractivity contribution in [2.45, 2.75) is 6.92 Å². The average molecular weight is 383 g/mol. The first kappa shape index (κ1) is 20.6. The third kappa shape index (κ3) is 5.14. The molecule has 1 N–H and O–H groups in total. The van der Waals surface area contributed by atoms with E-state index < -0.39 is 5.91 Å². The number of hydrogen-bond donors (Lipinski definition) is 1. The van der Waals surface area contributed by atoms with Gasteiger partial charge >= 0.3 is 0 Å². The van der Waals surface area contributed by atoms with Crippen LogP contribution in [0.2, 0.25) is 0 Å². The predicted octanol–water partition coefficient (Wildman–Crippen LogP) is 2.50. The van der Waals surface area contributed by atoms with Crippen molar-refractivity contribution in [2.75, 3.05) is 27.9 Å². The maximum absolute atomic E-state index is 12.0. The van der Waals surface area contributed by atoms with Crippen LogP contribution in [-0.4, -0.2) is 39.6 Å². The van der Waals surface area contributed by atoms with Crippen LogP contribution in [0.1, 0.15) is 18.1 Å². The molecule has 0 fully saturated rings. The summed E-state index contributed by atoms with van der Waals surface area (Å²) in [4.78, 5) is 12.0. The lowest BCUT2D eigenvalue weighted by Gasteiger charge is -2.14. The minimum atomic E-state index is -0.420. The summed E-state index contributed by atoms with van der Waals surface area (Å²) in [6.07, 6.45) is 0. The Balaban J connectivity index is 2.02. The molecular weight excluding hydrogens is 362 g/mol. The number of carbonyl (C=O) groups excluding carboxylic acids is 1. The van der Waals surface area contributed by atoms with E-state index in [1.165, 1.54) is 21.3 Å². The van der Waals surface area contributed by atoms with Gasteiger partial charge in [0.2, 0.25) is 5.75 Å². The Kier molecular flexibility index (Phi) is 7.22. The number of hydrogen-bond acceptors (Lipinski definition) is 7. The van der Waals surface area contributed by atoms with E-state index in [-0.39, 0.29) is 6.61 Å². The first-order valence-electron chi connectivity index (χ1n) is 8.28. The lowest BCUT2D eigenvalue weighted by molar-refractivity contribution is -0.123. The van der Waals surface area contributed by atoms with Crippen LogP contribution in [0.5, 0.6) is 23.0 Å². The molecule has 0 aliphatic rings. The van der Waals surface area contributed by atoms with Crippen molar-refractivity contribution >= 4 is 11.6 Å². The van der Waals surface area contributed by atoms with Gasteiger partial charge in [0.15, 0.2) is 18.1 Å². The van der Waals surface area contributed by atoms with Crippen LogP contribution >= 0.6 is 0 Å². The zero-order chi connectivity index (χ0) is 20.5. The summed E-state index contributed by atoms with van der Waals surface area (Å²) >= 11 is 0. The van der Waals surface area contributed by atoms with Crippen molar-refractivity contribution in [1.82, 2.24) is 5.43 Å². The van der Waals surface area contributed by atoms with Gasteiger partial charge in [-0.1, -0.05) is 0 Å². The van der Waals surface area contributed by atoms with Crippen LogP contribution in [-0.2, 0) is 4.79 Å². The Morgan fingerprint density at radius 3 is 2.18 bits per heavy atom. The number of benzene rings is 2. The maximum Gasteiger partial charge on any atom is 0.277 e. The lowest BCUT2D eigenvalue weighted by atomic mass is 10.1. The number of methoxy groups -OCH3 is 3. The number of nitrogens with one attached hydrogen (secondary N) is 1. The Bertz CT molecular complexity index is 876. The van der Waals surface area contributed by atoms with Gasteiger partial charge in [0.25, 0.3) is 5.91 Å². The smallest absolute Gasteiger partial charge is 0.277 e. The van der Waals surface area contributed by atoms with Gasteiger partial charge < -0.3 is 18.9 Å². The molecule has 1 amide bonds. The van der Waals surface area contributed by atoms with E-state index in [0.717, 1.165) is 0 Å². The van der Waals surface area contributed by atoms with E-state index in [0.29, 0.717) is 39.8 Å². The SMILES string of the molecule is COc1cc(/C(C)=N/NC(=O)COc2ccc(C#N)cc2)cc(OC)c1OC. The fourth-order valence-electron chi connectivity index (χ4n) is 2.31. The molecule has 0 aliphatic heterocycles. The Hall–Kier alpha value is -3.73. The van der Waals surface area contributed by atoms with Crippen LogP contribution in [0.3, 0.4) is 0 Å². The minimum absolute atomic E-state index is 0.210. The van der Waals surface area contributed by atoms with Crippen LogP contribution < -0.4 is 24.4 Å². The fourth-order valence-corrected chi connectivity index (χ4v) is 2.31. The number of ether oxygens (including phenoxy) is 4. The average Bonchev–Trinajstić information content (AvgIpc) is 2.74. The highest BCUT2D eigenvalue weighted by Crippen LogP contribution is 2.38. The van der Waals surface area contributed by atoms with Gasteiger partial charge in [-0.2, -0.15) is 10.4 Å². The number of nitriles is 1. The highest BCUT2D eigenvalue weighted by atomic mass is 16.5. The second-order valence-electron chi connectivity index (χ2n) is 5.57. The number of nitrogens with zero attached hydrogens (tertiary/aromatic N) is 2. The summed E-state index contributed by atoms with van der Waals surface area (Å²) in [5.74, 6) is 1.51. The molecule has 0 saturated carbocycles. The van der Waals surface area contributed by atoms with E-state index in [4.69, 9.17) is 24.2 Å². The van der Waals surface area contributed by atoms with Crippen molar-refractivity contribution in [3.63, 3.8) is 0 Å². The summed E-state index contributed by atoms with van der Waals surface area (Å²) in [5, 5.41) is 12.8. The summed E-state index contributed by atoms with van der Waals surface area (Å²) < 4.78 is 21.3. The molecule has 146 valence electrons. The summed E-state index contributed by atoms with van der Waals surface area (Å²) in [7, 11) is 4.57. The molecule has 0 unspecified atom stereocenters. The molecule has 2 aromatic carbocycles. The standard InChI is InChI=1S/C20H21N3O5/c1-13(15-9-17(25-2)20(27-4)18(10-15)26-3)22-23-19(24)12-28-16-7-5-14(11-21)6-8-16/h5-10H,12H2,1-4H3,(H,23,24)/b22-13+. The first-order chi connectivity index (χ1) is 13.5. The van der Waals surface area contributed by atoms with Crippen LogP contribution in [0, 0.1) is 11.3 Å². The molecule has 8 heteroatoms. The molecule has 8 nitrogen and oxygen atoms in total. The van der Waals surface area contributed by atoms with Gasteiger partial charge in [0.1, 0.15) is 5.75 Å². The largest absolute Gasteiger partial charge is 0.493 e.